The maximum atomic E-state index is 2.47. The minimum atomic E-state index is 0.987. The van der Waals surface area contributed by atoms with Gasteiger partial charge in [-0.2, -0.15) is 0 Å². The molecule has 0 unspecified atom stereocenters. The molecule has 0 spiro atoms. The molecule has 46 valence electrons. The third kappa shape index (κ3) is 1.77. The Bertz CT molecular complexity index is 86.4. The maximum Gasteiger partial charge on any atom is 0.00267 e. The van der Waals surface area contributed by atoms with Gasteiger partial charge in [-0.1, -0.05) is 34.7 Å². The van der Waals surface area contributed by atoms with Gasteiger partial charge in [0.05, 0.1) is 0 Å². The highest BCUT2D eigenvalue weighted by atomic mass is 127. The Morgan fingerprint density at radius 2 is 2.38 bits per heavy atom. The van der Waals surface area contributed by atoms with Gasteiger partial charge in [-0.05, 0) is 25.2 Å². The predicted octanol–water partition coefficient (Wildman–Crippen LogP) is 2.78. The molecular formula is C7H11I. The van der Waals surface area contributed by atoms with Crippen molar-refractivity contribution in [1.82, 2.24) is 0 Å². The van der Waals surface area contributed by atoms with Gasteiger partial charge in [-0.3, -0.25) is 0 Å². The number of alkyl halides is 1. The first-order valence-corrected chi connectivity index (χ1v) is 4.67. The molecule has 0 aromatic heterocycles. The van der Waals surface area contributed by atoms with E-state index in [-0.39, 0.29) is 0 Å². The topological polar surface area (TPSA) is 0 Å². The van der Waals surface area contributed by atoms with Crippen LogP contribution in [0.15, 0.2) is 12.2 Å². The molecule has 0 saturated heterocycles. The van der Waals surface area contributed by atoms with Crippen LogP contribution in [0.1, 0.15) is 19.3 Å². The Labute approximate surface area is 64.5 Å². The lowest BCUT2D eigenvalue weighted by Crippen LogP contribution is -2.02. The lowest BCUT2D eigenvalue weighted by Gasteiger charge is -2.13. The van der Waals surface area contributed by atoms with Crippen LogP contribution in [0.5, 0.6) is 0 Å². The van der Waals surface area contributed by atoms with Crippen LogP contribution in [0.2, 0.25) is 0 Å². The standard InChI is InChI=1S/C7H11I/c8-6-7-4-2-1-3-5-7/h1-2,7H,3-6H2/t7-/m1/s1. The van der Waals surface area contributed by atoms with Crippen molar-refractivity contribution in [2.45, 2.75) is 19.3 Å². The summed E-state index contributed by atoms with van der Waals surface area (Å²) in [5.74, 6) is 0.987. The van der Waals surface area contributed by atoms with Gasteiger partial charge in [0, 0.05) is 4.43 Å². The molecule has 0 aromatic carbocycles. The van der Waals surface area contributed by atoms with Crippen LogP contribution in [-0.4, -0.2) is 4.43 Å². The smallest absolute Gasteiger partial charge is 0.00267 e. The number of hydrogen-bond donors (Lipinski definition) is 0. The van der Waals surface area contributed by atoms with Crippen LogP contribution in [0.25, 0.3) is 0 Å². The predicted molar refractivity (Wildman–Crippen MR) is 45.4 cm³/mol. The van der Waals surface area contributed by atoms with Crippen molar-refractivity contribution in [3.63, 3.8) is 0 Å². The monoisotopic (exact) mass is 222 g/mol. The van der Waals surface area contributed by atoms with Crippen molar-refractivity contribution in [3.8, 4) is 0 Å². The van der Waals surface area contributed by atoms with Gasteiger partial charge in [0.15, 0.2) is 0 Å². The van der Waals surface area contributed by atoms with Crippen LogP contribution in [0.4, 0.5) is 0 Å². The minimum Gasteiger partial charge on any atom is -0.0885 e. The summed E-state index contributed by atoms with van der Waals surface area (Å²) in [5, 5.41) is 0. The van der Waals surface area contributed by atoms with Crippen molar-refractivity contribution in [3.05, 3.63) is 12.2 Å². The van der Waals surface area contributed by atoms with Crippen molar-refractivity contribution in [2.24, 2.45) is 5.92 Å². The summed E-state index contributed by atoms with van der Waals surface area (Å²) in [4.78, 5) is 0. The molecule has 0 saturated carbocycles. The Kier molecular flexibility index (Phi) is 2.87. The summed E-state index contributed by atoms with van der Waals surface area (Å²) in [7, 11) is 0. The van der Waals surface area contributed by atoms with Gasteiger partial charge in [0.25, 0.3) is 0 Å². The molecule has 0 fully saturated rings. The van der Waals surface area contributed by atoms with Crippen molar-refractivity contribution >= 4 is 22.6 Å². The average Bonchev–Trinajstić information content (AvgIpc) is 1.90. The fourth-order valence-electron chi connectivity index (χ4n) is 0.996. The largest absolute Gasteiger partial charge is 0.0885 e. The quantitative estimate of drug-likeness (QED) is 0.363. The summed E-state index contributed by atoms with van der Waals surface area (Å²) in [6, 6.07) is 0. The zero-order chi connectivity index (χ0) is 5.82. The zero-order valence-electron chi connectivity index (χ0n) is 4.94. The third-order valence-electron chi connectivity index (χ3n) is 1.60. The summed E-state index contributed by atoms with van der Waals surface area (Å²) in [6.45, 7) is 0. The zero-order valence-corrected chi connectivity index (χ0v) is 7.10. The van der Waals surface area contributed by atoms with E-state index in [2.05, 4.69) is 34.7 Å². The molecule has 0 aromatic rings. The summed E-state index contributed by atoms with van der Waals surface area (Å²) < 4.78 is 1.34. The molecule has 0 heterocycles. The number of allylic oxidation sites excluding steroid dienone is 2. The van der Waals surface area contributed by atoms with Crippen LogP contribution in [0, 0.1) is 5.92 Å². The number of halogens is 1. The van der Waals surface area contributed by atoms with E-state index in [0.717, 1.165) is 5.92 Å². The van der Waals surface area contributed by atoms with E-state index in [1.165, 1.54) is 23.7 Å². The molecule has 0 amide bonds. The Balaban J connectivity index is 2.27. The number of rotatable bonds is 1. The van der Waals surface area contributed by atoms with Crippen molar-refractivity contribution < 1.29 is 0 Å². The molecule has 0 radical (unpaired) electrons. The molecule has 1 aliphatic carbocycles. The van der Waals surface area contributed by atoms with Crippen LogP contribution in [-0.2, 0) is 0 Å². The molecule has 1 heteroatoms. The Hall–Kier alpha value is 0.470. The summed E-state index contributed by atoms with van der Waals surface area (Å²) >= 11 is 2.47. The Morgan fingerprint density at radius 3 is 2.75 bits per heavy atom. The van der Waals surface area contributed by atoms with Crippen molar-refractivity contribution in [2.75, 3.05) is 4.43 Å². The second-order valence-electron chi connectivity index (χ2n) is 2.30. The first-order valence-electron chi connectivity index (χ1n) is 3.14. The highest BCUT2D eigenvalue weighted by molar-refractivity contribution is 14.1. The highest BCUT2D eigenvalue weighted by Gasteiger charge is 2.05. The fraction of sp³-hybridized carbons (Fsp3) is 0.714. The van der Waals surface area contributed by atoms with Gasteiger partial charge in [0.2, 0.25) is 0 Å². The van der Waals surface area contributed by atoms with Gasteiger partial charge < -0.3 is 0 Å². The van der Waals surface area contributed by atoms with E-state index in [0.29, 0.717) is 0 Å². The lowest BCUT2D eigenvalue weighted by atomic mass is 9.97. The lowest BCUT2D eigenvalue weighted by molar-refractivity contribution is 0.543. The highest BCUT2D eigenvalue weighted by Crippen LogP contribution is 2.19. The maximum absolute atomic E-state index is 2.47. The van der Waals surface area contributed by atoms with Gasteiger partial charge >= 0.3 is 0 Å². The molecule has 1 aliphatic rings. The average molecular weight is 222 g/mol. The first-order chi connectivity index (χ1) is 3.93. The second kappa shape index (κ2) is 3.49. The molecular weight excluding hydrogens is 211 g/mol. The van der Waals surface area contributed by atoms with Gasteiger partial charge in [-0.25, -0.2) is 0 Å². The molecule has 0 nitrogen and oxygen atoms in total. The normalized spacial score (nSPS) is 28.4. The summed E-state index contributed by atoms with van der Waals surface area (Å²) in [5.41, 5.74) is 0. The van der Waals surface area contributed by atoms with E-state index >= 15 is 0 Å². The molecule has 8 heavy (non-hydrogen) atoms. The van der Waals surface area contributed by atoms with Crippen LogP contribution >= 0.6 is 22.6 Å². The second-order valence-corrected chi connectivity index (χ2v) is 3.19. The van der Waals surface area contributed by atoms with E-state index < -0.39 is 0 Å². The summed E-state index contributed by atoms with van der Waals surface area (Å²) in [6.07, 6.45) is 8.66. The molecule has 0 aliphatic heterocycles. The van der Waals surface area contributed by atoms with Gasteiger partial charge in [0.1, 0.15) is 0 Å². The van der Waals surface area contributed by atoms with E-state index in [1.807, 2.05) is 0 Å². The van der Waals surface area contributed by atoms with Crippen LogP contribution < -0.4 is 0 Å². The Morgan fingerprint density at radius 1 is 1.50 bits per heavy atom. The van der Waals surface area contributed by atoms with Gasteiger partial charge in [-0.15, -0.1) is 0 Å². The number of hydrogen-bond acceptors (Lipinski definition) is 0. The van der Waals surface area contributed by atoms with Crippen LogP contribution in [0.3, 0.4) is 0 Å². The van der Waals surface area contributed by atoms with E-state index in [1.54, 1.807) is 0 Å². The molecule has 0 N–H and O–H groups in total. The van der Waals surface area contributed by atoms with E-state index in [4.69, 9.17) is 0 Å². The molecule has 0 bridgehead atoms. The SMILES string of the molecule is IC[C@@H]1CC=CCC1. The first kappa shape index (κ1) is 6.59. The fourth-order valence-corrected chi connectivity index (χ4v) is 1.80. The molecule has 1 atom stereocenters. The molecule has 1 rings (SSSR count). The third-order valence-corrected chi connectivity index (χ3v) is 2.84. The van der Waals surface area contributed by atoms with Crippen molar-refractivity contribution in [1.29, 1.82) is 0 Å². The minimum absolute atomic E-state index is 0.987. The van der Waals surface area contributed by atoms with E-state index in [9.17, 15) is 0 Å².